The molecule has 0 N–H and O–H groups in total. The van der Waals surface area contributed by atoms with Gasteiger partial charge in [-0.3, -0.25) is 14.5 Å². The van der Waals surface area contributed by atoms with Crippen LogP contribution in [0.5, 0.6) is 0 Å². The third kappa shape index (κ3) is 4.24. The minimum absolute atomic E-state index is 0.0474. The van der Waals surface area contributed by atoms with Crippen molar-refractivity contribution in [2.75, 3.05) is 6.54 Å². The van der Waals surface area contributed by atoms with E-state index in [1.54, 1.807) is 30.3 Å². The molecule has 7 heteroatoms. The highest BCUT2D eigenvalue weighted by Crippen LogP contribution is 2.37. The minimum Gasteiger partial charge on any atom is -0.467 e. The van der Waals surface area contributed by atoms with Crippen LogP contribution in [0, 0.1) is 0 Å². The number of furan rings is 1. The molecule has 2 heterocycles. The lowest BCUT2D eigenvalue weighted by Gasteiger charge is -2.25. The van der Waals surface area contributed by atoms with E-state index >= 15 is 0 Å². The average molecular weight is 455 g/mol. The summed E-state index contributed by atoms with van der Waals surface area (Å²) in [6.45, 7) is 3.01. The van der Waals surface area contributed by atoms with Crippen molar-refractivity contribution in [2.24, 2.45) is 0 Å². The summed E-state index contributed by atoms with van der Waals surface area (Å²) in [4.78, 5) is 30.0. The van der Waals surface area contributed by atoms with Crippen LogP contribution in [-0.2, 0) is 22.7 Å². The normalized spacial score (nSPS) is 14.0. The average Bonchev–Trinajstić information content (AvgIpc) is 3.36. The number of likely N-dealkylation sites (N-methyl/N-ethyl adjacent to an activating group) is 1. The second-order valence-corrected chi connectivity index (χ2v) is 7.97. The fourth-order valence-corrected chi connectivity index (χ4v) is 4.15. The van der Waals surface area contributed by atoms with Crippen LogP contribution in [0.2, 0.25) is 10.0 Å². The number of nitrogens with zero attached hydrogens (tertiary/aromatic N) is 2. The van der Waals surface area contributed by atoms with Crippen molar-refractivity contribution in [3.63, 3.8) is 0 Å². The largest absolute Gasteiger partial charge is 0.467 e. The van der Waals surface area contributed by atoms with Crippen molar-refractivity contribution in [3.8, 4) is 0 Å². The maximum absolute atomic E-state index is 13.5. The molecule has 3 aromatic rings. The van der Waals surface area contributed by atoms with Crippen LogP contribution in [0.15, 0.2) is 77.0 Å². The summed E-state index contributed by atoms with van der Waals surface area (Å²) >= 11 is 12.5. The first-order valence-electron chi connectivity index (χ1n) is 9.86. The predicted octanol–water partition coefficient (Wildman–Crippen LogP) is 5.39. The molecule has 5 nitrogen and oxygen atoms in total. The van der Waals surface area contributed by atoms with E-state index in [4.69, 9.17) is 27.6 Å². The Labute approximate surface area is 190 Å². The number of halogens is 2. The molecule has 0 atom stereocenters. The fraction of sp³-hybridized carbons (Fsp3) is 0.167. The molecule has 0 aliphatic carbocycles. The van der Waals surface area contributed by atoms with Crippen molar-refractivity contribution >= 4 is 40.6 Å². The Morgan fingerprint density at radius 3 is 2.39 bits per heavy atom. The zero-order valence-corrected chi connectivity index (χ0v) is 18.4. The molecule has 2 aromatic carbocycles. The van der Waals surface area contributed by atoms with Crippen LogP contribution >= 0.6 is 23.2 Å². The van der Waals surface area contributed by atoms with Crippen molar-refractivity contribution < 1.29 is 14.0 Å². The summed E-state index contributed by atoms with van der Waals surface area (Å²) in [5, 5.41) is 0.772. The Morgan fingerprint density at radius 1 is 0.968 bits per heavy atom. The molecular formula is C24H20Cl2N2O3. The van der Waals surface area contributed by atoms with Crippen molar-refractivity contribution in [2.45, 2.75) is 20.0 Å². The van der Waals surface area contributed by atoms with Gasteiger partial charge in [0.1, 0.15) is 11.5 Å². The van der Waals surface area contributed by atoms with Gasteiger partial charge in [0.05, 0.1) is 23.4 Å². The number of rotatable bonds is 7. The molecule has 4 rings (SSSR count). The summed E-state index contributed by atoms with van der Waals surface area (Å²) in [7, 11) is 0. The maximum Gasteiger partial charge on any atom is 0.278 e. The fourth-order valence-electron chi connectivity index (χ4n) is 3.65. The van der Waals surface area contributed by atoms with Crippen LogP contribution in [0.25, 0.3) is 5.57 Å². The number of carbonyl (C=O) groups excluding carboxylic acids is 2. The minimum atomic E-state index is -0.410. The number of hydrogen-bond acceptors (Lipinski definition) is 4. The first kappa shape index (κ1) is 21.2. The van der Waals surface area contributed by atoms with Gasteiger partial charge < -0.3 is 9.32 Å². The van der Waals surface area contributed by atoms with Gasteiger partial charge in [-0.05, 0) is 36.8 Å². The summed E-state index contributed by atoms with van der Waals surface area (Å²) < 4.78 is 5.37. The molecule has 0 saturated carbocycles. The lowest BCUT2D eigenvalue weighted by molar-refractivity contribution is -0.138. The highest BCUT2D eigenvalue weighted by Gasteiger charge is 2.42. The van der Waals surface area contributed by atoms with E-state index in [-0.39, 0.29) is 18.0 Å². The van der Waals surface area contributed by atoms with Crippen LogP contribution in [0.1, 0.15) is 23.8 Å². The third-order valence-corrected chi connectivity index (χ3v) is 5.70. The molecule has 0 saturated heterocycles. The smallest absolute Gasteiger partial charge is 0.278 e. The Kier molecular flexibility index (Phi) is 6.16. The summed E-state index contributed by atoms with van der Waals surface area (Å²) in [5.41, 5.74) is 2.11. The lowest BCUT2D eigenvalue weighted by atomic mass is 10.0. The van der Waals surface area contributed by atoms with E-state index in [0.717, 1.165) is 5.56 Å². The molecule has 1 aliphatic heterocycles. The van der Waals surface area contributed by atoms with E-state index in [1.165, 1.54) is 11.2 Å². The second-order valence-electron chi connectivity index (χ2n) is 7.12. The van der Waals surface area contributed by atoms with E-state index in [9.17, 15) is 9.59 Å². The van der Waals surface area contributed by atoms with Crippen LogP contribution < -0.4 is 0 Å². The van der Waals surface area contributed by atoms with Gasteiger partial charge >= 0.3 is 0 Å². The number of amides is 2. The standard InChI is InChI=1S/C24H20Cl2N2O3/c1-2-27(14-16-7-4-3-5-8-16)22-21(19-11-10-17(25)13-20(19)26)23(29)28(24(22)30)15-18-9-6-12-31-18/h3-13H,2,14-15H2,1H3. The van der Waals surface area contributed by atoms with E-state index in [0.29, 0.717) is 40.2 Å². The van der Waals surface area contributed by atoms with E-state index in [2.05, 4.69) is 0 Å². The molecule has 0 unspecified atom stereocenters. The molecule has 0 spiro atoms. The quantitative estimate of drug-likeness (QED) is 0.449. The van der Waals surface area contributed by atoms with Gasteiger partial charge in [-0.25, -0.2) is 0 Å². The summed E-state index contributed by atoms with van der Waals surface area (Å²) in [5.74, 6) is -0.261. The number of benzene rings is 2. The van der Waals surface area contributed by atoms with Crippen LogP contribution in [0.4, 0.5) is 0 Å². The van der Waals surface area contributed by atoms with E-state index < -0.39 is 5.91 Å². The van der Waals surface area contributed by atoms with Gasteiger partial charge in [0, 0.05) is 23.7 Å². The van der Waals surface area contributed by atoms with Crippen molar-refractivity contribution in [1.29, 1.82) is 0 Å². The predicted molar refractivity (Wildman–Crippen MR) is 120 cm³/mol. The summed E-state index contributed by atoms with van der Waals surface area (Å²) in [6, 6.07) is 18.2. The molecule has 1 aromatic heterocycles. The second kappa shape index (κ2) is 9.00. The Bertz CT molecular complexity index is 1140. The van der Waals surface area contributed by atoms with E-state index in [1.807, 2.05) is 42.2 Å². The topological polar surface area (TPSA) is 53.8 Å². The third-order valence-electron chi connectivity index (χ3n) is 5.15. The van der Waals surface area contributed by atoms with Gasteiger partial charge in [-0.2, -0.15) is 0 Å². The number of carbonyl (C=O) groups is 2. The number of imide groups is 1. The molecular weight excluding hydrogens is 435 g/mol. The number of hydrogen-bond donors (Lipinski definition) is 0. The highest BCUT2D eigenvalue weighted by molar-refractivity contribution is 6.41. The van der Waals surface area contributed by atoms with Crippen molar-refractivity contribution in [1.82, 2.24) is 9.80 Å². The first-order chi connectivity index (χ1) is 15.0. The molecule has 0 bridgehead atoms. The highest BCUT2D eigenvalue weighted by atomic mass is 35.5. The molecule has 1 aliphatic rings. The van der Waals surface area contributed by atoms with Gasteiger partial charge in [-0.1, -0.05) is 59.6 Å². The monoisotopic (exact) mass is 454 g/mol. The Balaban J connectivity index is 1.80. The van der Waals surface area contributed by atoms with Gasteiger partial charge in [0.25, 0.3) is 11.8 Å². The molecule has 158 valence electrons. The molecule has 31 heavy (non-hydrogen) atoms. The maximum atomic E-state index is 13.5. The Morgan fingerprint density at radius 2 is 1.74 bits per heavy atom. The SMILES string of the molecule is CCN(Cc1ccccc1)C1=C(c2ccc(Cl)cc2Cl)C(=O)N(Cc2ccco2)C1=O. The summed E-state index contributed by atoms with van der Waals surface area (Å²) in [6.07, 6.45) is 1.51. The van der Waals surface area contributed by atoms with Gasteiger partial charge in [-0.15, -0.1) is 0 Å². The molecule has 2 amide bonds. The molecule has 0 fully saturated rings. The zero-order valence-electron chi connectivity index (χ0n) is 16.8. The first-order valence-corrected chi connectivity index (χ1v) is 10.6. The van der Waals surface area contributed by atoms with Crippen molar-refractivity contribution in [3.05, 3.63) is 99.6 Å². The lowest BCUT2D eigenvalue weighted by Crippen LogP contribution is -2.34. The molecule has 0 radical (unpaired) electrons. The van der Waals surface area contributed by atoms with Gasteiger partial charge in [0.15, 0.2) is 0 Å². The van der Waals surface area contributed by atoms with Crippen LogP contribution in [0.3, 0.4) is 0 Å². The van der Waals surface area contributed by atoms with Gasteiger partial charge in [0.2, 0.25) is 0 Å². The Hall–Kier alpha value is -3.02. The zero-order chi connectivity index (χ0) is 22.0. The van der Waals surface area contributed by atoms with Crippen LogP contribution in [-0.4, -0.2) is 28.2 Å².